The molecule has 3 aromatic rings. The molecule has 0 fully saturated rings. The summed E-state index contributed by atoms with van der Waals surface area (Å²) in [5.41, 5.74) is 1.13. The number of pyridine rings is 1. The third-order valence-corrected chi connectivity index (χ3v) is 4.89. The van der Waals surface area contributed by atoms with E-state index in [9.17, 15) is 15.0 Å². The molecule has 0 aliphatic heterocycles. The van der Waals surface area contributed by atoms with Gasteiger partial charge < -0.3 is 25.0 Å². The summed E-state index contributed by atoms with van der Waals surface area (Å²) < 4.78 is 5.62. The molecule has 0 bridgehead atoms. The van der Waals surface area contributed by atoms with Crippen LogP contribution in [0.5, 0.6) is 5.88 Å². The number of rotatable bonds is 9. The third kappa shape index (κ3) is 4.42. The van der Waals surface area contributed by atoms with Crippen LogP contribution < -0.4 is 0 Å². The maximum absolute atomic E-state index is 13.0. The van der Waals surface area contributed by atoms with E-state index in [0.29, 0.717) is 21.5 Å². The van der Waals surface area contributed by atoms with Gasteiger partial charge in [-0.05, 0) is 12.1 Å². The smallest absolute Gasteiger partial charge is 0.257 e. The quantitative estimate of drug-likeness (QED) is 0.449. The van der Waals surface area contributed by atoms with E-state index in [0.717, 1.165) is 0 Å². The minimum atomic E-state index is -0.335. The fourth-order valence-electron chi connectivity index (χ4n) is 2.61. The first-order valence-corrected chi connectivity index (χ1v) is 9.52. The molecule has 3 N–H and O–H groups in total. The maximum Gasteiger partial charge on any atom is 0.257 e. The number of carbonyl (C=O) groups excluding carboxylic acids is 1. The van der Waals surface area contributed by atoms with Crippen LogP contribution in [0, 0.1) is 0 Å². The summed E-state index contributed by atoms with van der Waals surface area (Å²) in [6.07, 6.45) is 1.59. The van der Waals surface area contributed by atoms with E-state index in [1.165, 1.54) is 16.2 Å². The molecule has 0 saturated carbocycles. The standard InChI is InChI=1S/C18H20N4O5S/c23-7-5-22(6-9-27-10-8-24)18(26)12-11-28-15-14(12)20-16(21-17(15)25)13-3-1-2-4-19-13/h1-4,11,23-24H,5-10H2,(H,20,21,25). The lowest BCUT2D eigenvalue weighted by Gasteiger charge is -2.21. The van der Waals surface area contributed by atoms with Gasteiger partial charge in [-0.3, -0.25) is 9.78 Å². The molecule has 0 unspecified atom stereocenters. The molecule has 0 aliphatic carbocycles. The second-order valence-corrected chi connectivity index (χ2v) is 6.64. The fraction of sp³-hybridized carbons (Fsp3) is 0.333. The van der Waals surface area contributed by atoms with Crippen molar-refractivity contribution >= 4 is 27.5 Å². The zero-order valence-corrected chi connectivity index (χ0v) is 15.8. The first-order valence-electron chi connectivity index (χ1n) is 8.64. The number of aromatic nitrogens is 3. The van der Waals surface area contributed by atoms with Crippen LogP contribution in [0.3, 0.4) is 0 Å². The number of nitrogens with zero attached hydrogens (tertiary/aromatic N) is 4. The Balaban J connectivity index is 1.92. The Kier molecular flexibility index (Phi) is 6.82. The van der Waals surface area contributed by atoms with E-state index in [1.54, 1.807) is 29.8 Å². The zero-order valence-electron chi connectivity index (χ0n) is 15.0. The topological polar surface area (TPSA) is 129 Å². The van der Waals surface area contributed by atoms with Gasteiger partial charge in [0.05, 0.1) is 32.0 Å². The van der Waals surface area contributed by atoms with Gasteiger partial charge in [0.1, 0.15) is 15.9 Å². The molecular weight excluding hydrogens is 384 g/mol. The summed E-state index contributed by atoms with van der Waals surface area (Å²) in [5.74, 6) is -0.328. The molecule has 1 amide bonds. The lowest BCUT2D eigenvalue weighted by Crippen LogP contribution is -2.36. The van der Waals surface area contributed by atoms with Gasteiger partial charge in [0.15, 0.2) is 5.82 Å². The van der Waals surface area contributed by atoms with E-state index in [2.05, 4.69) is 15.0 Å². The van der Waals surface area contributed by atoms with Crippen LogP contribution in [0.15, 0.2) is 29.8 Å². The number of fused-ring (bicyclic) bond motifs is 1. The van der Waals surface area contributed by atoms with Crippen molar-refractivity contribution in [2.45, 2.75) is 0 Å². The van der Waals surface area contributed by atoms with Gasteiger partial charge in [-0.2, -0.15) is 4.98 Å². The number of aromatic hydroxyl groups is 1. The molecule has 28 heavy (non-hydrogen) atoms. The number of carbonyl (C=O) groups is 1. The van der Waals surface area contributed by atoms with Crippen molar-refractivity contribution in [3.05, 3.63) is 35.3 Å². The van der Waals surface area contributed by atoms with Gasteiger partial charge >= 0.3 is 0 Å². The van der Waals surface area contributed by atoms with Crippen molar-refractivity contribution in [1.82, 2.24) is 19.9 Å². The Morgan fingerprint density at radius 1 is 1.14 bits per heavy atom. The number of aliphatic hydroxyl groups excluding tert-OH is 2. The Hall–Kier alpha value is -2.66. The summed E-state index contributed by atoms with van der Waals surface area (Å²) in [5, 5.41) is 29.9. The monoisotopic (exact) mass is 404 g/mol. The largest absolute Gasteiger partial charge is 0.492 e. The summed E-state index contributed by atoms with van der Waals surface area (Å²) >= 11 is 1.17. The lowest BCUT2D eigenvalue weighted by atomic mass is 10.2. The molecule has 3 heterocycles. The highest BCUT2D eigenvalue weighted by Gasteiger charge is 2.23. The van der Waals surface area contributed by atoms with Crippen molar-refractivity contribution in [2.24, 2.45) is 0 Å². The van der Waals surface area contributed by atoms with Crippen LogP contribution in [0.25, 0.3) is 21.7 Å². The van der Waals surface area contributed by atoms with E-state index >= 15 is 0 Å². The normalized spacial score (nSPS) is 11.1. The van der Waals surface area contributed by atoms with E-state index in [4.69, 9.17) is 9.84 Å². The lowest BCUT2D eigenvalue weighted by molar-refractivity contribution is 0.0533. The van der Waals surface area contributed by atoms with Crippen LogP contribution in [-0.2, 0) is 4.74 Å². The Labute approximate surface area is 164 Å². The molecule has 148 valence electrons. The second-order valence-electron chi connectivity index (χ2n) is 5.76. The minimum Gasteiger partial charge on any atom is -0.492 e. The van der Waals surface area contributed by atoms with Gasteiger partial charge in [0.25, 0.3) is 5.91 Å². The minimum absolute atomic E-state index is 0.102. The molecule has 10 heteroatoms. The number of ether oxygens (including phenoxy) is 1. The predicted octanol–water partition coefficient (Wildman–Crippen LogP) is 0.902. The van der Waals surface area contributed by atoms with Gasteiger partial charge in [0, 0.05) is 24.7 Å². The highest BCUT2D eigenvalue weighted by atomic mass is 32.1. The van der Waals surface area contributed by atoms with Crippen LogP contribution in [0.4, 0.5) is 0 Å². The predicted molar refractivity (Wildman–Crippen MR) is 103 cm³/mol. The molecule has 0 radical (unpaired) electrons. The van der Waals surface area contributed by atoms with E-state index < -0.39 is 0 Å². The summed E-state index contributed by atoms with van der Waals surface area (Å²) in [4.78, 5) is 27.1. The number of hydrogen-bond donors (Lipinski definition) is 3. The van der Waals surface area contributed by atoms with Gasteiger partial charge in [-0.15, -0.1) is 11.3 Å². The highest BCUT2D eigenvalue weighted by molar-refractivity contribution is 7.17. The van der Waals surface area contributed by atoms with Crippen LogP contribution in [0.2, 0.25) is 0 Å². The van der Waals surface area contributed by atoms with Crippen molar-refractivity contribution in [3.63, 3.8) is 0 Å². The number of hydrogen-bond acceptors (Lipinski definition) is 9. The third-order valence-electron chi connectivity index (χ3n) is 3.92. The van der Waals surface area contributed by atoms with E-state index in [1.807, 2.05) is 0 Å². The molecule has 0 aromatic carbocycles. The Bertz CT molecular complexity index is 934. The van der Waals surface area contributed by atoms with Crippen LogP contribution in [0.1, 0.15) is 10.4 Å². The molecule has 3 aromatic heterocycles. The zero-order chi connectivity index (χ0) is 19.9. The Morgan fingerprint density at radius 2 is 2.00 bits per heavy atom. The van der Waals surface area contributed by atoms with Crippen molar-refractivity contribution < 1.29 is 24.9 Å². The average Bonchev–Trinajstić information content (AvgIpc) is 3.15. The van der Waals surface area contributed by atoms with E-state index in [-0.39, 0.29) is 57.1 Å². The summed E-state index contributed by atoms with van der Waals surface area (Å²) in [7, 11) is 0. The van der Waals surface area contributed by atoms with Gasteiger partial charge in [-0.1, -0.05) is 6.07 Å². The SMILES string of the molecule is O=C(c1csc2c(O)nc(-c3ccccn3)nc12)N(CCO)CCOCCO. The average molecular weight is 404 g/mol. The number of amides is 1. The molecule has 9 nitrogen and oxygen atoms in total. The fourth-order valence-corrected chi connectivity index (χ4v) is 3.48. The van der Waals surface area contributed by atoms with Crippen LogP contribution >= 0.6 is 11.3 Å². The van der Waals surface area contributed by atoms with Crippen molar-refractivity contribution in [2.75, 3.05) is 39.5 Å². The molecular formula is C18H20N4O5S. The van der Waals surface area contributed by atoms with Gasteiger partial charge in [0.2, 0.25) is 5.88 Å². The summed E-state index contributed by atoms with van der Waals surface area (Å²) in [6.45, 7) is 0.484. The second kappa shape index (κ2) is 9.51. The molecule has 0 atom stereocenters. The maximum atomic E-state index is 13.0. The van der Waals surface area contributed by atoms with Crippen molar-refractivity contribution in [1.29, 1.82) is 0 Å². The van der Waals surface area contributed by atoms with Crippen LogP contribution in [-0.4, -0.2) is 80.6 Å². The number of thiophene rings is 1. The first-order chi connectivity index (χ1) is 13.7. The Morgan fingerprint density at radius 3 is 2.71 bits per heavy atom. The molecule has 3 rings (SSSR count). The molecule has 0 aliphatic rings. The molecule has 0 saturated heterocycles. The first kappa shape index (κ1) is 20.1. The highest BCUT2D eigenvalue weighted by Crippen LogP contribution is 2.33. The number of aliphatic hydroxyl groups is 2. The van der Waals surface area contributed by atoms with Crippen molar-refractivity contribution in [3.8, 4) is 17.4 Å². The van der Waals surface area contributed by atoms with Gasteiger partial charge in [-0.25, -0.2) is 4.98 Å². The summed E-state index contributed by atoms with van der Waals surface area (Å²) in [6, 6.07) is 5.25. The molecule has 0 spiro atoms.